The number of amides is 1. The maximum absolute atomic E-state index is 12.0. The zero-order chi connectivity index (χ0) is 13.7. The summed E-state index contributed by atoms with van der Waals surface area (Å²) in [5.74, 6) is -0.282. The molecular formula is C15H13N3O. The van der Waals surface area contributed by atoms with Crippen molar-refractivity contribution in [3.8, 4) is 6.07 Å². The highest BCUT2D eigenvalue weighted by Crippen LogP contribution is 2.14. The summed E-state index contributed by atoms with van der Waals surface area (Å²) in [5.41, 5.74) is 7.80. The highest BCUT2D eigenvalue weighted by atomic mass is 16.2. The maximum atomic E-state index is 12.0. The third-order valence-electron chi connectivity index (χ3n) is 2.72. The van der Waals surface area contributed by atoms with Gasteiger partial charge in [-0.1, -0.05) is 30.3 Å². The first-order chi connectivity index (χ1) is 9.20. The van der Waals surface area contributed by atoms with E-state index in [0.717, 1.165) is 5.56 Å². The molecule has 1 amide bonds. The van der Waals surface area contributed by atoms with Gasteiger partial charge in [-0.3, -0.25) is 4.79 Å². The SMILES string of the molecule is N#Cc1ccc(NC(=O)[C@@H](N)c2ccccc2)cc1. The van der Waals surface area contributed by atoms with Gasteiger partial charge in [0, 0.05) is 5.69 Å². The molecule has 0 spiro atoms. The van der Waals surface area contributed by atoms with E-state index in [9.17, 15) is 4.79 Å². The third-order valence-corrected chi connectivity index (χ3v) is 2.72. The fourth-order valence-corrected chi connectivity index (χ4v) is 1.66. The van der Waals surface area contributed by atoms with Gasteiger partial charge in [0.15, 0.2) is 0 Å². The van der Waals surface area contributed by atoms with Gasteiger partial charge in [0.05, 0.1) is 11.6 Å². The molecule has 4 nitrogen and oxygen atoms in total. The van der Waals surface area contributed by atoms with Crippen LogP contribution >= 0.6 is 0 Å². The van der Waals surface area contributed by atoms with Crippen LogP contribution in [0.15, 0.2) is 54.6 Å². The highest BCUT2D eigenvalue weighted by molar-refractivity contribution is 5.95. The average Bonchev–Trinajstić information content (AvgIpc) is 2.48. The summed E-state index contributed by atoms with van der Waals surface area (Å²) >= 11 is 0. The van der Waals surface area contributed by atoms with E-state index >= 15 is 0 Å². The van der Waals surface area contributed by atoms with Crippen molar-refractivity contribution in [2.24, 2.45) is 5.73 Å². The minimum Gasteiger partial charge on any atom is -0.324 e. The van der Waals surface area contributed by atoms with Crippen molar-refractivity contribution >= 4 is 11.6 Å². The molecule has 2 aromatic carbocycles. The molecule has 0 radical (unpaired) electrons. The number of nitrogens with two attached hydrogens (primary N) is 1. The molecule has 94 valence electrons. The minimum atomic E-state index is -0.711. The highest BCUT2D eigenvalue weighted by Gasteiger charge is 2.15. The van der Waals surface area contributed by atoms with Gasteiger partial charge in [0.2, 0.25) is 5.91 Å². The molecule has 0 saturated carbocycles. The molecule has 3 N–H and O–H groups in total. The Labute approximate surface area is 111 Å². The Kier molecular flexibility index (Phi) is 3.91. The number of carbonyl (C=O) groups excluding carboxylic acids is 1. The van der Waals surface area contributed by atoms with E-state index < -0.39 is 6.04 Å². The lowest BCUT2D eigenvalue weighted by molar-refractivity contribution is -0.117. The Morgan fingerprint density at radius 3 is 2.32 bits per heavy atom. The summed E-state index contributed by atoms with van der Waals surface area (Å²) in [6, 6.07) is 17.1. The van der Waals surface area contributed by atoms with Gasteiger partial charge in [-0.25, -0.2) is 0 Å². The van der Waals surface area contributed by atoms with Crippen molar-refractivity contribution in [2.75, 3.05) is 5.32 Å². The molecule has 0 heterocycles. The molecule has 0 bridgehead atoms. The summed E-state index contributed by atoms with van der Waals surface area (Å²) in [6.07, 6.45) is 0. The Bertz CT molecular complexity index is 600. The fourth-order valence-electron chi connectivity index (χ4n) is 1.66. The van der Waals surface area contributed by atoms with Crippen LogP contribution in [-0.2, 0) is 4.79 Å². The molecule has 19 heavy (non-hydrogen) atoms. The summed E-state index contributed by atoms with van der Waals surface area (Å²) in [7, 11) is 0. The summed E-state index contributed by atoms with van der Waals surface area (Å²) < 4.78 is 0. The van der Waals surface area contributed by atoms with Crippen LogP contribution in [0.5, 0.6) is 0 Å². The number of hydrogen-bond acceptors (Lipinski definition) is 3. The van der Waals surface area contributed by atoms with Crippen LogP contribution in [0, 0.1) is 11.3 Å². The predicted octanol–water partition coefficient (Wildman–Crippen LogP) is 2.20. The van der Waals surface area contributed by atoms with E-state index in [0.29, 0.717) is 11.3 Å². The second kappa shape index (κ2) is 5.80. The van der Waals surface area contributed by atoms with Crippen LogP contribution < -0.4 is 11.1 Å². The van der Waals surface area contributed by atoms with E-state index in [2.05, 4.69) is 5.32 Å². The lowest BCUT2D eigenvalue weighted by Crippen LogP contribution is -2.27. The number of rotatable bonds is 3. The lowest BCUT2D eigenvalue weighted by atomic mass is 10.1. The number of benzene rings is 2. The minimum absolute atomic E-state index is 0.282. The number of nitrogens with one attached hydrogen (secondary N) is 1. The zero-order valence-corrected chi connectivity index (χ0v) is 10.2. The van der Waals surface area contributed by atoms with E-state index in [1.165, 1.54) is 0 Å². The van der Waals surface area contributed by atoms with Crippen LogP contribution in [0.1, 0.15) is 17.2 Å². The van der Waals surface area contributed by atoms with E-state index in [1.54, 1.807) is 24.3 Å². The van der Waals surface area contributed by atoms with Gasteiger partial charge in [-0.05, 0) is 29.8 Å². The Balaban J connectivity index is 2.06. The molecule has 0 aliphatic carbocycles. The van der Waals surface area contributed by atoms with Crippen LogP contribution in [0.3, 0.4) is 0 Å². The quantitative estimate of drug-likeness (QED) is 0.877. The normalized spacial score (nSPS) is 11.4. The molecule has 0 fully saturated rings. The largest absolute Gasteiger partial charge is 0.324 e. The third kappa shape index (κ3) is 3.18. The van der Waals surface area contributed by atoms with E-state index in [4.69, 9.17) is 11.0 Å². The fraction of sp³-hybridized carbons (Fsp3) is 0.0667. The average molecular weight is 251 g/mol. The Hall–Kier alpha value is -2.64. The van der Waals surface area contributed by atoms with Gasteiger partial charge in [0.1, 0.15) is 6.04 Å². The van der Waals surface area contributed by atoms with Crippen molar-refractivity contribution in [3.63, 3.8) is 0 Å². The number of hydrogen-bond donors (Lipinski definition) is 2. The molecule has 0 aliphatic rings. The van der Waals surface area contributed by atoms with Gasteiger partial charge in [-0.2, -0.15) is 5.26 Å². The van der Waals surface area contributed by atoms with Crippen molar-refractivity contribution in [2.45, 2.75) is 6.04 Å². The molecule has 0 aromatic heterocycles. The summed E-state index contributed by atoms with van der Waals surface area (Å²) in [5, 5.41) is 11.4. The zero-order valence-electron chi connectivity index (χ0n) is 10.2. The number of carbonyl (C=O) groups is 1. The van der Waals surface area contributed by atoms with Crippen molar-refractivity contribution in [3.05, 3.63) is 65.7 Å². The van der Waals surface area contributed by atoms with Crippen LogP contribution in [0.4, 0.5) is 5.69 Å². The molecule has 2 aromatic rings. The Morgan fingerprint density at radius 1 is 1.11 bits per heavy atom. The molecule has 1 atom stereocenters. The van der Waals surface area contributed by atoms with Gasteiger partial charge >= 0.3 is 0 Å². The number of nitriles is 1. The molecule has 0 unspecified atom stereocenters. The van der Waals surface area contributed by atoms with E-state index in [1.807, 2.05) is 36.4 Å². The first kappa shape index (κ1) is 12.8. The van der Waals surface area contributed by atoms with E-state index in [-0.39, 0.29) is 5.91 Å². The monoisotopic (exact) mass is 251 g/mol. The smallest absolute Gasteiger partial charge is 0.245 e. The summed E-state index contributed by atoms with van der Waals surface area (Å²) in [4.78, 5) is 12.0. The predicted molar refractivity (Wildman–Crippen MR) is 73.2 cm³/mol. The second-order valence-electron chi connectivity index (χ2n) is 4.07. The lowest BCUT2D eigenvalue weighted by Gasteiger charge is -2.12. The second-order valence-corrected chi connectivity index (χ2v) is 4.07. The number of nitrogens with zero attached hydrogens (tertiary/aromatic N) is 1. The van der Waals surface area contributed by atoms with Crippen LogP contribution in [-0.4, -0.2) is 5.91 Å². The standard InChI is InChI=1S/C15H13N3O/c16-10-11-6-8-13(9-7-11)18-15(19)14(17)12-4-2-1-3-5-12/h1-9,14H,17H2,(H,18,19)/t14-/m0/s1. The van der Waals surface area contributed by atoms with Crippen molar-refractivity contribution < 1.29 is 4.79 Å². The van der Waals surface area contributed by atoms with Gasteiger partial charge < -0.3 is 11.1 Å². The van der Waals surface area contributed by atoms with Gasteiger partial charge in [0.25, 0.3) is 0 Å². The number of anilines is 1. The topological polar surface area (TPSA) is 78.9 Å². The maximum Gasteiger partial charge on any atom is 0.245 e. The first-order valence-electron chi connectivity index (χ1n) is 5.82. The molecule has 4 heteroatoms. The molecular weight excluding hydrogens is 238 g/mol. The molecule has 0 aliphatic heterocycles. The Morgan fingerprint density at radius 2 is 1.74 bits per heavy atom. The first-order valence-corrected chi connectivity index (χ1v) is 5.82. The van der Waals surface area contributed by atoms with Gasteiger partial charge in [-0.15, -0.1) is 0 Å². The van der Waals surface area contributed by atoms with Crippen molar-refractivity contribution in [1.29, 1.82) is 5.26 Å². The van der Waals surface area contributed by atoms with Crippen molar-refractivity contribution in [1.82, 2.24) is 0 Å². The molecule has 2 rings (SSSR count). The summed E-state index contributed by atoms with van der Waals surface area (Å²) in [6.45, 7) is 0. The van der Waals surface area contributed by atoms with Crippen LogP contribution in [0.25, 0.3) is 0 Å². The van der Waals surface area contributed by atoms with Crippen LogP contribution in [0.2, 0.25) is 0 Å². The molecule has 0 saturated heterocycles.